The smallest absolute Gasteiger partial charge is 0.231 e. The monoisotopic (exact) mass is 342 g/mol. The Labute approximate surface area is 143 Å². The van der Waals surface area contributed by atoms with E-state index in [0.717, 1.165) is 32.5 Å². The number of carbonyl (C=O) groups excluding carboxylic acids is 1. The van der Waals surface area contributed by atoms with Gasteiger partial charge in [0.25, 0.3) is 0 Å². The molecule has 5 heteroatoms. The molecular weight excluding hydrogens is 316 g/mol. The Morgan fingerprint density at radius 1 is 1.32 bits per heavy atom. The van der Waals surface area contributed by atoms with Gasteiger partial charge in [0.15, 0.2) is 0 Å². The predicted molar refractivity (Wildman–Crippen MR) is 94.9 cm³/mol. The van der Waals surface area contributed by atoms with Crippen LogP contribution in [0.3, 0.4) is 0 Å². The van der Waals surface area contributed by atoms with E-state index in [9.17, 15) is 4.79 Å². The summed E-state index contributed by atoms with van der Waals surface area (Å²) in [4.78, 5) is 14.2. The number of amides is 1. The minimum Gasteiger partial charge on any atom is -0.355 e. The van der Waals surface area contributed by atoms with Crippen LogP contribution in [-0.2, 0) is 10.2 Å². The van der Waals surface area contributed by atoms with Crippen LogP contribution in [0.15, 0.2) is 17.5 Å². The Kier molecular flexibility index (Phi) is 6.72. The van der Waals surface area contributed by atoms with E-state index in [1.54, 1.807) is 11.3 Å². The number of nitrogens with one attached hydrogen (secondary N) is 2. The standard InChI is InChI=1S/C17H26N2OS.ClH/c20-16(19-13-14-6-4-10-18-12-14)17(8-2-1-3-9-17)15-7-5-11-21-15;/h5,7,11,14,18H,1-4,6,8-10,12-13H2,(H,19,20);1H. The van der Waals surface area contributed by atoms with Crippen molar-refractivity contribution >= 4 is 29.7 Å². The molecule has 0 spiro atoms. The van der Waals surface area contributed by atoms with Crippen LogP contribution in [0, 0.1) is 5.92 Å². The van der Waals surface area contributed by atoms with E-state index in [2.05, 4.69) is 28.1 Å². The number of hydrogen-bond acceptors (Lipinski definition) is 3. The summed E-state index contributed by atoms with van der Waals surface area (Å²) in [5.74, 6) is 0.877. The highest BCUT2D eigenvalue weighted by Gasteiger charge is 2.41. The third-order valence-electron chi connectivity index (χ3n) is 5.08. The summed E-state index contributed by atoms with van der Waals surface area (Å²) >= 11 is 1.74. The van der Waals surface area contributed by atoms with E-state index in [4.69, 9.17) is 0 Å². The van der Waals surface area contributed by atoms with E-state index in [0.29, 0.717) is 5.92 Å². The largest absolute Gasteiger partial charge is 0.355 e. The molecular formula is C17H27ClN2OS. The molecule has 1 unspecified atom stereocenters. The third-order valence-corrected chi connectivity index (χ3v) is 6.16. The lowest BCUT2D eigenvalue weighted by Crippen LogP contribution is -2.48. The average molecular weight is 343 g/mol. The van der Waals surface area contributed by atoms with Crippen molar-refractivity contribution in [3.63, 3.8) is 0 Å². The molecule has 2 heterocycles. The van der Waals surface area contributed by atoms with Crippen LogP contribution < -0.4 is 10.6 Å². The maximum absolute atomic E-state index is 12.9. The van der Waals surface area contributed by atoms with Gasteiger partial charge in [-0.25, -0.2) is 0 Å². The highest BCUT2D eigenvalue weighted by Crippen LogP contribution is 2.41. The molecule has 1 aliphatic heterocycles. The summed E-state index contributed by atoms with van der Waals surface area (Å²) in [5.41, 5.74) is -0.242. The van der Waals surface area contributed by atoms with Crippen molar-refractivity contribution in [1.82, 2.24) is 10.6 Å². The highest BCUT2D eigenvalue weighted by molar-refractivity contribution is 7.10. The van der Waals surface area contributed by atoms with E-state index in [1.165, 1.54) is 37.0 Å². The van der Waals surface area contributed by atoms with Crippen molar-refractivity contribution in [3.05, 3.63) is 22.4 Å². The predicted octanol–water partition coefficient (Wildman–Crippen LogP) is 3.49. The SMILES string of the molecule is Cl.O=C(NCC1CCCNC1)C1(c2cccs2)CCCCC1. The number of carbonyl (C=O) groups is 1. The molecule has 1 saturated carbocycles. The second-order valence-corrected chi connectivity index (χ2v) is 7.49. The van der Waals surface area contributed by atoms with Crippen LogP contribution in [0.1, 0.15) is 49.8 Å². The maximum atomic E-state index is 12.9. The van der Waals surface area contributed by atoms with Crippen molar-refractivity contribution in [2.75, 3.05) is 19.6 Å². The minimum atomic E-state index is -0.242. The molecule has 2 N–H and O–H groups in total. The van der Waals surface area contributed by atoms with E-state index in [-0.39, 0.29) is 23.7 Å². The second-order valence-electron chi connectivity index (χ2n) is 6.54. The Hall–Kier alpha value is -0.580. The van der Waals surface area contributed by atoms with Gasteiger partial charge in [-0.05, 0) is 56.1 Å². The van der Waals surface area contributed by atoms with Crippen LogP contribution in [0.25, 0.3) is 0 Å². The second kappa shape index (κ2) is 8.32. The van der Waals surface area contributed by atoms with Gasteiger partial charge in [0, 0.05) is 11.4 Å². The number of piperidine rings is 1. The van der Waals surface area contributed by atoms with Crippen molar-refractivity contribution in [2.24, 2.45) is 5.92 Å². The molecule has 3 nitrogen and oxygen atoms in total. The lowest BCUT2D eigenvalue weighted by atomic mass is 9.72. The van der Waals surface area contributed by atoms with Crippen molar-refractivity contribution in [1.29, 1.82) is 0 Å². The molecule has 22 heavy (non-hydrogen) atoms. The molecule has 1 aromatic rings. The Morgan fingerprint density at radius 3 is 2.77 bits per heavy atom. The number of rotatable bonds is 4. The van der Waals surface area contributed by atoms with Crippen LogP contribution in [-0.4, -0.2) is 25.5 Å². The van der Waals surface area contributed by atoms with Gasteiger partial charge in [-0.1, -0.05) is 25.3 Å². The molecule has 2 aliphatic rings. The van der Waals surface area contributed by atoms with Crippen LogP contribution in [0.5, 0.6) is 0 Å². The van der Waals surface area contributed by atoms with Crippen molar-refractivity contribution < 1.29 is 4.79 Å². The van der Waals surface area contributed by atoms with Gasteiger partial charge in [0.1, 0.15) is 0 Å². The molecule has 1 saturated heterocycles. The summed E-state index contributed by atoms with van der Waals surface area (Å²) in [6.07, 6.45) is 8.12. The molecule has 124 valence electrons. The average Bonchev–Trinajstić information content (AvgIpc) is 3.09. The molecule has 1 atom stereocenters. The van der Waals surface area contributed by atoms with E-state index >= 15 is 0 Å². The summed E-state index contributed by atoms with van der Waals surface area (Å²) < 4.78 is 0. The first-order valence-corrected chi connectivity index (χ1v) is 9.22. The number of halogens is 1. The fourth-order valence-electron chi connectivity index (χ4n) is 3.80. The molecule has 0 bridgehead atoms. The van der Waals surface area contributed by atoms with E-state index in [1.807, 2.05) is 0 Å². The molecule has 2 fully saturated rings. The normalized spacial score (nSPS) is 24.3. The van der Waals surface area contributed by atoms with Gasteiger partial charge in [-0.2, -0.15) is 0 Å². The summed E-state index contributed by atoms with van der Waals surface area (Å²) in [7, 11) is 0. The summed E-state index contributed by atoms with van der Waals surface area (Å²) in [6, 6.07) is 4.23. The van der Waals surface area contributed by atoms with Gasteiger partial charge in [-0.15, -0.1) is 23.7 Å². The molecule has 1 aliphatic carbocycles. The first-order chi connectivity index (χ1) is 10.3. The topological polar surface area (TPSA) is 41.1 Å². The number of hydrogen-bond donors (Lipinski definition) is 2. The minimum absolute atomic E-state index is 0. The Bertz CT molecular complexity index is 451. The van der Waals surface area contributed by atoms with Crippen LogP contribution in [0.2, 0.25) is 0 Å². The van der Waals surface area contributed by atoms with E-state index < -0.39 is 0 Å². The zero-order valence-electron chi connectivity index (χ0n) is 13.1. The fraction of sp³-hybridized carbons (Fsp3) is 0.706. The Morgan fingerprint density at radius 2 is 2.14 bits per heavy atom. The lowest BCUT2D eigenvalue weighted by Gasteiger charge is -2.36. The zero-order valence-corrected chi connectivity index (χ0v) is 14.7. The van der Waals surface area contributed by atoms with Crippen LogP contribution in [0.4, 0.5) is 0 Å². The van der Waals surface area contributed by atoms with Crippen LogP contribution >= 0.6 is 23.7 Å². The number of thiophene rings is 1. The summed E-state index contributed by atoms with van der Waals surface area (Å²) in [5, 5.41) is 8.81. The maximum Gasteiger partial charge on any atom is 0.231 e. The summed E-state index contributed by atoms with van der Waals surface area (Å²) in [6.45, 7) is 3.01. The first kappa shape index (κ1) is 17.8. The fourth-order valence-corrected chi connectivity index (χ4v) is 4.78. The molecule has 0 aromatic carbocycles. The van der Waals surface area contributed by atoms with Gasteiger partial charge >= 0.3 is 0 Å². The molecule has 1 amide bonds. The molecule has 0 radical (unpaired) electrons. The first-order valence-electron chi connectivity index (χ1n) is 8.34. The van der Waals surface area contributed by atoms with Crippen molar-refractivity contribution in [3.8, 4) is 0 Å². The van der Waals surface area contributed by atoms with Gasteiger partial charge < -0.3 is 10.6 Å². The van der Waals surface area contributed by atoms with Crippen molar-refractivity contribution in [2.45, 2.75) is 50.4 Å². The van der Waals surface area contributed by atoms with Gasteiger partial charge in [0.2, 0.25) is 5.91 Å². The molecule has 3 rings (SSSR count). The Balaban J connectivity index is 0.00000176. The van der Waals surface area contributed by atoms with Gasteiger partial charge in [0.05, 0.1) is 5.41 Å². The van der Waals surface area contributed by atoms with Gasteiger partial charge in [-0.3, -0.25) is 4.79 Å². The lowest BCUT2D eigenvalue weighted by molar-refractivity contribution is -0.128. The highest BCUT2D eigenvalue weighted by atomic mass is 35.5. The quantitative estimate of drug-likeness (QED) is 0.879. The third kappa shape index (κ3) is 3.84. The zero-order chi connectivity index (χ0) is 14.5. The molecule has 1 aromatic heterocycles.